The average Bonchev–Trinajstić information content (AvgIpc) is 1.99. The lowest BCUT2D eigenvalue weighted by Crippen LogP contribution is -1.92. The molecule has 1 unspecified atom stereocenters. The molecule has 0 spiro atoms. The minimum atomic E-state index is -0.734. The molecule has 0 fully saturated rings. The molecule has 0 aliphatic rings. The second kappa shape index (κ2) is 3.40. The number of benzene rings is 1. The van der Waals surface area contributed by atoms with Crippen LogP contribution in [0, 0.1) is 18.6 Å². The van der Waals surface area contributed by atoms with E-state index in [2.05, 4.69) is 6.92 Å². The first-order valence-electron chi connectivity index (χ1n) is 3.50. The van der Waals surface area contributed by atoms with E-state index in [1.807, 2.05) is 0 Å². The third-order valence-corrected chi connectivity index (χ3v) is 1.94. The molecule has 1 radical (unpaired) electrons. The molecular weight excluding hydrogens is 182 g/mol. The van der Waals surface area contributed by atoms with Gasteiger partial charge in [-0.05, 0) is 30.5 Å². The van der Waals surface area contributed by atoms with Crippen LogP contribution in [-0.4, -0.2) is 0 Å². The quantitative estimate of drug-likeness (QED) is 0.593. The average molecular weight is 190 g/mol. The van der Waals surface area contributed by atoms with E-state index in [0.717, 1.165) is 0 Å². The van der Waals surface area contributed by atoms with E-state index >= 15 is 0 Å². The standard InChI is InChI=1S/C9H8ClF2/c1-5(2)6-3-7(11)9(10)8(12)4-6/h3-5H,1H2,2H3. The predicted octanol–water partition coefficient (Wildman–Crippen LogP) is 3.56. The van der Waals surface area contributed by atoms with Crippen molar-refractivity contribution in [3.05, 3.63) is 41.3 Å². The summed E-state index contributed by atoms with van der Waals surface area (Å²) in [6.07, 6.45) is 0. The van der Waals surface area contributed by atoms with Crippen LogP contribution in [0.25, 0.3) is 0 Å². The van der Waals surface area contributed by atoms with Crippen LogP contribution in [0.2, 0.25) is 5.02 Å². The lowest BCUT2D eigenvalue weighted by molar-refractivity contribution is 0.579. The highest BCUT2D eigenvalue weighted by Gasteiger charge is 2.10. The monoisotopic (exact) mass is 189 g/mol. The zero-order valence-electron chi connectivity index (χ0n) is 6.57. The minimum Gasteiger partial charge on any atom is -0.205 e. The Hall–Kier alpha value is -0.630. The van der Waals surface area contributed by atoms with Gasteiger partial charge in [-0.1, -0.05) is 18.5 Å². The molecule has 0 amide bonds. The Balaban J connectivity index is 3.21. The van der Waals surface area contributed by atoms with Gasteiger partial charge in [0.15, 0.2) is 0 Å². The highest BCUT2D eigenvalue weighted by atomic mass is 35.5. The van der Waals surface area contributed by atoms with E-state index in [4.69, 9.17) is 11.6 Å². The molecular formula is C9H8ClF2. The van der Waals surface area contributed by atoms with Gasteiger partial charge in [-0.15, -0.1) is 0 Å². The van der Waals surface area contributed by atoms with Crippen molar-refractivity contribution >= 4 is 11.6 Å². The molecule has 1 aromatic rings. The Morgan fingerprint density at radius 1 is 1.33 bits per heavy atom. The maximum Gasteiger partial charge on any atom is 0.145 e. The van der Waals surface area contributed by atoms with Gasteiger partial charge in [0.2, 0.25) is 0 Å². The van der Waals surface area contributed by atoms with Crippen LogP contribution in [0.1, 0.15) is 18.4 Å². The first-order chi connectivity index (χ1) is 5.52. The van der Waals surface area contributed by atoms with Crippen molar-refractivity contribution in [1.29, 1.82) is 0 Å². The fraction of sp³-hybridized carbons (Fsp3) is 0.222. The van der Waals surface area contributed by atoms with Crippen molar-refractivity contribution < 1.29 is 8.78 Å². The Labute approximate surface area is 75.2 Å². The smallest absolute Gasteiger partial charge is 0.145 e. The molecule has 1 atom stereocenters. The fourth-order valence-electron chi connectivity index (χ4n) is 0.860. The summed E-state index contributed by atoms with van der Waals surface area (Å²) in [7, 11) is 0. The van der Waals surface area contributed by atoms with E-state index in [9.17, 15) is 8.78 Å². The zero-order valence-corrected chi connectivity index (χ0v) is 7.33. The van der Waals surface area contributed by atoms with Gasteiger partial charge in [-0.3, -0.25) is 0 Å². The lowest BCUT2D eigenvalue weighted by atomic mass is 10.0. The zero-order chi connectivity index (χ0) is 9.30. The maximum absolute atomic E-state index is 12.8. The molecule has 0 aliphatic carbocycles. The van der Waals surface area contributed by atoms with Gasteiger partial charge in [0.25, 0.3) is 0 Å². The molecule has 0 N–H and O–H groups in total. The normalized spacial score (nSPS) is 10.8. The maximum atomic E-state index is 12.8. The van der Waals surface area contributed by atoms with E-state index in [0.29, 0.717) is 5.56 Å². The summed E-state index contributed by atoms with van der Waals surface area (Å²) in [5.74, 6) is -1.62. The van der Waals surface area contributed by atoms with Crippen molar-refractivity contribution in [2.75, 3.05) is 0 Å². The van der Waals surface area contributed by atoms with E-state index in [1.54, 1.807) is 6.92 Å². The Kier molecular flexibility index (Phi) is 2.68. The molecule has 1 rings (SSSR count). The van der Waals surface area contributed by atoms with Gasteiger partial charge in [-0.2, -0.15) is 0 Å². The van der Waals surface area contributed by atoms with E-state index < -0.39 is 16.7 Å². The van der Waals surface area contributed by atoms with Crippen molar-refractivity contribution in [2.24, 2.45) is 0 Å². The van der Waals surface area contributed by atoms with Gasteiger partial charge in [0.05, 0.1) is 0 Å². The van der Waals surface area contributed by atoms with E-state index in [-0.39, 0.29) is 5.92 Å². The molecule has 0 aromatic heterocycles. The van der Waals surface area contributed by atoms with Crippen LogP contribution in [0.15, 0.2) is 12.1 Å². The van der Waals surface area contributed by atoms with Crippen molar-refractivity contribution in [1.82, 2.24) is 0 Å². The molecule has 0 heterocycles. The van der Waals surface area contributed by atoms with Crippen LogP contribution in [0.5, 0.6) is 0 Å². The van der Waals surface area contributed by atoms with Crippen LogP contribution in [-0.2, 0) is 0 Å². The van der Waals surface area contributed by atoms with Gasteiger partial charge >= 0.3 is 0 Å². The van der Waals surface area contributed by atoms with Crippen LogP contribution in [0.4, 0.5) is 8.78 Å². The van der Waals surface area contributed by atoms with Gasteiger partial charge < -0.3 is 0 Å². The number of halogens is 3. The largest absolute Gasteiger partial charge is 0.205 e. The molecule has 0 nitrogen and oxygen atoms in total. The topological polar surface area (TPSA) is 0 Å². The molecule has 65 valence electrons. The SMILES string of the molecule is [CH2]C(C)c1cc(F)c(Cl)c(F)c1. The Bertz CT molecular complexity index is 272. The van der Waals surface area contributed by atoms with Crippen molar-refractivity contribution in [3.8, 4) is 0 Å². The van der Waals surface area contributed by atoms with Crippen LogP contribution < -0.4 is 0 Å². The summed E-state index contributed by atoms with van der Waals surface area (Å²) in [4.78, 5) is 0. The summed E-state index contributed by atoms with van der Waals surface area (Å²) in [5, 5.41) is -0.459. The Morgan fingerprint density at radius 2 is 1.75 bits per heavy atom. The van der Waals surface area contributed by atoms with Gasteiger partial charge in [-0.25, -0.2) is 8.78 Å². The summed E-state index contributed by atoms with van der Waals surface area (Å²) in [5.41, 5.74) is 0.509. The minimum absolute atomic E-state index is 0.147. The molecule has 3 heteroatoms. The molecule has 0 saturated heterocycles. The molecule has 0 bridgehead atoms. The highest BCUT2D eigenvalue weighted by molar-refractivity contribution is 6.30. The molecule has 1 aromatic carbocycles. The second-order valence-corrected chi connectivity index (χ2v) is 3.08. The first-order valence-corrected chi connectivity index (χ1v) is 3.87. The molecule has 0 aliphatic heterocycles. The van der Waals surface area contributed by atoms with Crippen molar-refractivity contribution in [2.45, 2.75) is 12.8 Å². The third kappa shape index (κ3) is 1.75. The number of rotatable bonds is 1. The molecule has 0 saturated carbocycles. The van der Waals surface area contributed by atoms with Crippen LogP contribution >= 0.6 is 11.6 Å². The van der Waals surface area contributed by atoms with Crippen LogP contribution in [0.3, 0.4) is 0 Å². The summed E-state index contributed by atoms with van der Waals surface area (Å²) in [6, 6.07) is 2.40. The predicted molar refractivity (Wildman–Crippen MR) is 45.1 cm³/mol. The number of hydrogen-bond acceptors (Lipinski definition) is 0. The second-order valence-electron chi connectivity index (χ2n) is 2.70. The highest BCUT2D eigenvalue weighted by Crippen LogP contribution is 2.24. The number of hydrogen-bond donors (Lipinski definition) is 0. The summed E-state index contributed by atoms with van der Waals surface area (Å²) >= 11 is 5.28. The summed E-state index contributed by atoms with van der Waals surface area (Å²) < 4.78 is 25.6. The fourth-order valence-corrected chi connectivity index (χ4v) is 0.969. The third-order valence-electron chi connectivity index (χ3n) is 1.58. The van der Waals surface area contributed by atoms with E-state index in [1.165, 1.54) is 12.1 Å². The first kappa shape index (κ1) is 9.46. The lowest BCUT2D eigenvalue weighted by Gasteiger charge is -2.06. The Morgan fingerprint density at radius 3 is 2.08 bits per heavy atom. The van der Waals surface area contributed by atoms with Gasteiger partial charge in [0.1, 0.15) is 16.7 Å². The summed E-state index contributed by atoms with van der Waals surface area (Å²) in [6.45, 7) is 5.40. The van der Waals surface area contributed by atoms with Crippen molar-refractivity contribution in [3.63, 3.8) is 0 Å². The molecule has 12 heavy (non-hydrogen) atoms. The van der Waals surface area contributed by atoms with Gasteiger partial charge in [0, 0.05) is 0 Å².